The molecule has 1 aromatic heterocycles. The van der Waals surface area contributed by atoms with Crippen molar-refractivity contribution in [2.24, 2.45) is 0 Å². The van der Waals surface area contributed by atoms with Gasteiger partial charge in [0.15, 0.2) is 6.61 Å². The Kier molecular flexibility index (Phi) is 7.70. The molecule has 4 rings (SSSR count). The van der Waals surface area contributed by atoms with Crippen molar-refractivity contribution in [2.45, 2.75) is 30.2 Å². The predicted molar refractivity (Wildman–Crippen MR) is 137 cm³/mol. The van der Waals surface area contributed by atoms with Crippen LogP contribution < -0.4 is 4.74 Å². The predicted octanol–water partition coefficient (Wildman–Crippen LogP) is 8.12. The van der Waals surface area contributed by atoms with Crippen molar-refractivity contribution < 1.29 is 27.8 Å². The topological polar surface area (TPSA) is 59.4 Å². The number of aryl methyl sites for hydroxylation is 1. The lowest BCUT2D eigenvalue weighted by Gasteiger charge is -2.13. The van der Waals surface area contributed by atoms with Crippen molar-refractivity contribution in [1.82, 2.24) is 4.98 Å². The molecule has 0 aliphatic carbocycles. The second-order valence-corrected chi connectivity index (χ2v) is 10.5. The fourth-order valence-corrected chi connectivity index (χ4v) is 5.92. The molecule has 0 aliphatic rings. The highest BCUT2D eigenvalue weighted by molar-refractivity contribution is 7.99. The molecule has 4 nitrogen and oxygen atoms in total. The molecule has 0 aliphatic heterocycles. The Labute approximate surface area is 214 Å². The maximum atomic E-state index is 13.0. The summed E-state index contributed by atoms with van der Waals surface area (Å²) in [6, 6.07) is 20.3. The maximum absolute atomic E-state index is 13.0. The Morgan fingerprint density at radius 2 is 1.75 bits per heavy atom. The van der Waals surface area contributed by atoms with E-state index in [2.05, 4.69) is 6.92 Å². The SMILES string of the molecule is Cc1cc(SC(C)c2sc(-c3ccc(C(F)(F)F)cc3)nc2-c2ccccc2)ccc1OCC(=O)O. The van der Waals surface area contributed by atoms with Gasteiger partial charge in [-0.15, -0.1) is 23.1 Å². The van der Waals surface area contributed by atoms with Crippen LogP contribution in [0.1, 0.15) is 28.2 Å². The van der Waals surface area contributed by atoms with Crippen molar-refractivity contribution in [1.29, 1.82) is 0 Å². The molecule has 1 unspecified atom stereocenters. The molecule has 0 bridgehead atoms. The van der Waals surface area contributed by atoms with Crippen LogP contribution in [0.15, 0.2) is 77.7 Å². The van der Waals surface area contributed by atoms with E-state index in [4.69, 9.17) is 14.8 Å². The van der Waals surface area contributed by atoms with E-state index < -0.39 is 24.3 Å². The molecule has 0 saturated heterocycles. The zero-order chi connectivity index (χ0) is 25.9. The first-order valence-corrected chi connectivity index (χ1v) is 12.7. The van der Waals surface area contributed by atoms with Gasteiger partial charge in [0.25, 0.3) is 0 Å². The first kappa shape index (κ1) is 25.8. The minimum atomic E-state index is -4.39. The molecular formula is C27H22F3NO3S2. The van der Waals surface area contributed by atoms with Crippen LogP contribution in [0.5, 0.6) is 5.75 Å². The largest absolute Gasteiger partial charge is 0.482 e. The number of ether oxygens (including phenoxy) is 1. The van der Waals surface area contributed by atoms with E-state index in [1.165, 1.54) is 23.5 Å². The lowest BCUT2D eigenvalue weighted by Crippen LogP contribution is -2.10. The van der Waals surface area contributed by atoms with E-state index >= 15 is 0 Å². The molecule has 0 radical (unpaired) electrons. The molecule has 0 saturated carbocycles. The van der Waals surface area contributed by atoms with Crippen LogP contribution >= 0.6 is 23.1 Å². The van der Waals surface area contributed by atoms with E-state index in [0.29, 0.717) is 16.3 Å². The molecule has 0 spiro atoms. The van der Waals surface area contributed by atoms with Gasteiger partial charge in [-0.25, -0.2) is 9.78 Å². The first-order valence-electron chi connectivity index (χ1n) is 11.0. The Hall–Kier alpha value is -3.30. The van der Waals surface area contributed by atoms with E-state index in [-0.39, 0.29) is 5.25 Å². The third kappa shape index (κ3) is 6.09. The third-order valence-electron chi connectivity index (χ3n) is 5.34. The summed E-state index contributed by atoms with van der Waals surface area (Å²) < 4.78 is 44.3. The monoisotopic (exact) mass is 529 g/mol. The summed E-state index contributed by atoms with van der Waals surface area (Å²) in [7, 11) is 0. The molecule has 186 valence electrons. The molecule has 3 aromatic carbocycles. The van der Waals surface area contributed by atoms with Crippen molar-refractivity contribution >= 4 is 29.1 Å². The number of nitrogens with zero attached hydrogens (tertiary/aromatic N) is 1. The summed E-state index contributed by atoms with van der Waals surface area (Å²) in [6.45, 7) is 3.51. The third-order valence-corrected chi connectivity index (χ3v) is 7.89. The fourth-order valence-electron chi connectivity index (χ4n) is 3.59. The molecule has 0 fully saturated rings. The molecule has 4 aromatic rings. The number of hydrogen-bond donors (Lipinski definition) is 1. The van der Waals surface area contributed by atoms with E-state index in [0.717, 1.165) is 38.7 Å². The molecule has 1 N–H and O–H groups in total. The number of thiazole rings is 1. The maximum Gasteiger partial charge on any atom is 0.416 e. The van der Waals surface area contributed by atoms with Crippen LogP contribution in [0.2, 0.25) is 0 Å². The number of halogens is 3. The number of aromatic nitrogens is 1. The number of alkyl halides is 3. The summed E-state index contributed by atoms with van der Waals surface area (Å²) in [6.07, 6.45) is -4.39. The second-order valence-electron chi connectivity index (χ2n) is 8.04. The Morgan fingerprint density at radius 3 is 2.36 bits per heavy atom. The Bertz CT molecular complexity index is 1350. The molecule has 36 heavy (non-hydrogen) atoms. The minimum absolute atomic E-state index is 0.00825. The van der Waals surface area contributed by atoms with Gasteiger partial charge in [-0.05, 0) is 49.7 Å². The zero-order valence-corrected chi connectivity index (χ0v) is 21.0. The number of thioether (sulfide) groups is 1. The van der Waals surface area contributed by atoms with Gasteiger partial charge in [0, 0.05) is 26.1 Å². The number of carboxylic acid groups (broad SMARTS) is 1. The number of carbonyl (C=O) groups is 1. The number of rotatable bonds is 8. The van der Waals surface area contributed by atoms with Gasteiger partial charge in [0.1, 0.15) is 10.8 Å². The van der Waals surface area contributed by atoms with Gasteiger partial charge >= 0.3 is 12.1 Å². The van der Waals surface area contributed by atoms with Gasteiger partial charge in [0.05, 0.1) is 11.3 Å². The van der Waals surface area contributed by atoms with Gasteiger partial charge in [0.2, 0.25) is 0 Å². The van der Waals surface area contributed by atoms with Crippen LogP contribution in [0, 0.1) is 6.92 Å². The Balaban J connectivity index is 1.64. The van der Waals surface area contributed by atoms with Crippen molar-refractivity contribution in [3.8, 4) is 27.6 Å². The molecule has 1 atom stereocenters. The first-order chi connectivity index (χ1) is 17.1. The van der Waals surface area contributed by atoms with Crippen LogP contribution in [0.25, 0.3) is 21.8 Å². The summed E-state index contributed by atoms with van der Waals surface area (Å²) in [5.41, 5.74) is 2.49. The van der Waals surface area contributed by atoms with Crippen LogP contribution in [0.3, 0.4) is 0 Å². The quantitative estimate of drug-likeness (QED) is 0.234. The smallest absolute Gasteiger partial charge is 0.416 e. The van der Waals surface area contributed by atoms with Gasteiger partial charge in [-0.3, -0.25) is 0 Å². The highest BCUT2D eigenvalue weighted by Crippen LogP contribution is 2.45. The highest BCUT2D eigenvalue weighted by atomic mass is 32.2. The second kappa shape index (κ2) is 10.8. The number of hydrogen-bond acceptors (Lipinski definition) is 5. The summed E-state index contributed by atoms with van der Waals surface area (Å²) in [5, 5.41) is 9.48. The summed E-state index contributed by atoms with van der Waals surface area (Å²) in [4.78, 5) is 17.6. The van der Waals surface area contributed by atoms with Crippen molar-refractivity contribution in [2.75, 3.05) is 6.61 Å². The lowest BCUT2D eigenvalue weighted by atomic mass is 10.1. The fraction of sp³-hybridized carbons (Fsp3) is 0.185. The van der Waals surface area contributed by atoms with Gasteiger partial charge < -0.3 is 9.84 Å². The van der Waals surface area contributed by atoms with E-state index in [1.807, 2.05) is 49.4 Å². The van der Waals surface area contributed by atoms with Crippen molar-refractivity contribution in [3.63, 3.8) is 0 Å². The Morgan fingerprint density at radius 1 is 1.06 bits per heavy atom. The molecular weight excluding hydrogens is 507 g/mol. The van der Waals surface area contributed by atoms with Crippen LogP contribution in [-0.4, -0.2) is 22.7 Å². The average Bonchev–Trinajstić information content (AvgIpc) is 3.29. The van der Waals surface area contributed by atoms with E-state index in [1.54, 1.807) is 17.8 Å². The summed E-state index contributed by atoms with van der Waals surface area (Å²) >= 11 is 3.08. The summed E-state index contributed by atoms with van der Waals surface area (Å²) in [5.74, 6) is -0.522. The van der Waals surface area contributed by atoms with Crippen molar-refractivity contribution in [3.05, 3.63) is 88.8 Å². The number of aliphatic carboxylic acids is 1. The molecule has 0 amide bonds. The minimum Gasteiger partial charge on any atom is -0.482 e. The van der Waals surface area contributed by atoms with E-state index in [9.17, 15) is 18.0 Å². The van der Waals surface area contributed by atoms with Gasteiger partial charge in [-0.2, -0.15) is 13.2 Å². The normalized spacial score (nSPS) is 12.4. The molecule has 9 heteroatoms. The number of benzene rings is 3. The van der Waals surface area contributed by atoms with Crippen LogP contribution in [-0.2, 0) is 11.0 Å². The molecule has 1 heterocycles. The van der Waals surface area contributed by atoms with Gasteiger partial charge in [-0.1, -0.05) is 42.5 Å². The zero-order valence-electron chi connectivity index (χ0n) is 19.4. The number of carboxylic acids is 1. The highest BCUT2D eigenvalue weighted by Gasteiger charge is 2.30. The average molecular weight is 530 g/mol. The van der Waals surface area contributed by atoms with Crippen LogP contribution in [0.4, 0.5) is 13.2 Å². The lowest BCUT2D eigenvalue weighted by molar-refractivity contribution is -0.139. The standard InChI is InChI=1S/C27H22F3NO3S2/c1-16-14-21(12-13-22(16)34-15-23(32)33)35-17(2)25-24(18-6-4-3-5-7-18)31-26(36-25)19-8-10-20(11-9-19)27(28,29)30/h3-14,17H,15H2,1-2H3,(H,32,33).